The highest BCUT2D eigenvalue weighted by Crippen LogP contribution is 2.31. The maximum atomic E-state index is 12.6. The number of nitrogens with zero attached hydrogens (tertiary/aromatic N) is 1. The summed E-state index contributed by atoms with van der Waals surface area (Å²) < 4.78 is 5.21. The van der Waals surface area contributed by atoms with Gasteiger partial charge in [0.15, 0.2) is 6.61 Å². The van der Waals surface area contributed by atoms with Crippen LogP contribution in [0.2, 0.25) is 0 Å². The molecular weight excluding hydrogens is 356 g/mol. The van der Waals surface area contributed by atoms with Gasteiger partial charge in [-0.1, -0.05) is 25.1 Å². The highest BCUT2D eigenvalue weighted by molar-refractivity contribution is 5.99. The third-order valence-electron chi connectivity index (χ3n) is 4.68. The summed E-state index contributed by atoms with van der Waals surface area (Å²) >= 11 is 0. The van der Waals surface area contributed by atoms with E-state index in [4.69, 9.17) is 4.74 Å². The van der Waals surface area contributed by atoms with Crippen molar-refractivity contribution < 1.29 is 19.1 Å². The second kappa shape index (κ2) is 8.69. The molecule has 0 bridgehead atoms. The largest absolute Gasteiger partial charge is 0.452 e. The summed E-state index contributed by atoms with van der Waals surface area (Å²) in [5.41, 5.74) is 2.95. The average molecular weight is 380 g/mol. The van der Waals surface area contributed by atoms with Crippen molar-refractivity contribution in [3.05, 3.63) is 59.7 Å². The number of benzene rings is 2. The first-order chi connectivity index (χ1) is 13.5. The number of para-hydroxylation sites is 1. The van der Waals surface area contributed by atoms with Crippen LogP contribution in [-0.4, -0.2) is 30.4 Å². The number of ether oxygens (including phenoxy) is 1. The number of fused-ring (bicyclic) bond motifs is 1. The molecule has 1 aliphatic rings. The molecule has 0 aliphatic carbocycles. The summed E-state index contributed by atoms with van der Waals surface area (Å²) in [6, 6.07) is 14.2. The normalized spacial score (nSPS) is 15.1. The average Bonchev–Trinajstić information content (AvgIpc) is 3.02. The zero-order chi connectivity index (χ0) is 20.1. The predicted octanol–water partition coefficient (Wildman–Crippen LogP) is 3.56. The lowest BCUT2D eigenvalue weighted by atomic mass is 10.1. The van der Waals surface area contributed by atoms with Crippen LogP contribution in [0.15, 0.2) is 48.5 Å². The van der Waals surface area contributed by atoms with Crippen molar-refractivity contribution in [3.8, 4) is 0 Å². The number of hydrogen-bond donors (Lipinski definition) is 1. The number of nitrogens with one attached hydrogen (secondary N) is 1. The molecule has 0 spiro atoms. The summed E-state index contributed by atoms with van der Waals surface area (Å²) in [6.45, 7) is 3.60. The van der Waals surface area contributed by atoms with Crippen molar-refractivity contribution >= 4 is 29.2 Å². The fraction of sp³-hybridized carbons (Fsp3) is 0.318. The molecular formula is C22H24N2O4. The van der Waals surface area contributed by atoms with Gasteiger partial charge in [0.2, 0.25) is 5.91 Å². The number of rotatable bonds is 6. The molecule has 2 aromatic rings. The van der Waals surface area contributed by atoms with E-state index in [-0.39, 0.29) is 24.5 Å². The van der Waals surface area contributed by atoms with Crippen LogP contribution in [-0.2, 0) is 20.7 Å². The van der Waals surface area contributed by atoms with Gasteiger partial charge in [-0.15, -0.1) is 0 Å². The Kier molecular flexibility index (Phi) is 6.09. The molecule has 3 rings (SSSR count). The van der Waals surface area contributed by atoms with Crippen molar-refractivity contribution in [3.63, 3.8) is 0 Å². The molecule has 146 valence electrons. The lowest BCUT2D eigenvalue weighted by Gasteiger charge is -2.22. The van der Waals surface area contributed by atoms with Crippen molar-refractivity contribution in [1.82, 2.24) is 0 Å². The van der Waals surface area contributed by atoms with Crippen LogP contribution in [0.4, 0.5) is 11.4 Å². The smallest absolute Gasteiger partial charge is 0.338 e. The summed E-state index contributed by atoms with van der Waals surface area (Å²) in [5.74, 6) is -0.877. The zero-order valence-electron chi connectivity index (χ0n) is 16.1. The van der Waals surface area contributed by atoms with E-state index >= 15 is 0 Å². The van der Waals surface area contributed by atoms with Gasteiger partial charge in [-0.25, -0.2) is 4.79 Å². The Hall–Kier alpha value is -3.15. The Morgan fingerprint density at radius 2 is 1.82 bits per heavy atom. The molecule has 1 N–H and O–H groups in total. The van der Waals surface area contributed by atoms with Crippen LogP contribution in [0.25, 0.3) is 0 Å². The Morgan fingerprint density at radius 1 is 1.11 bits per heavy atom. The van der Waals surface area contributed by atoms with E-state index in [1.165, 1.54) is 0 Å². The highest BCUT2D eigenvalue weighted by atomic mass is 16.5. The van der Waals surface area contributed by atoms with Crippen LogP contribution < -0.4 is 10.2 Å². The number of carbonyl (C=O) groups excluding carboxylic acids is 3. The SMILES string of the molecule is CCCC(=O)Nc1ccc(C(=O)OCC(=O)N2c3ccccc3C[C@@H]2C)cc1. The molecule has 2 amide bonds. The Bertz CT molecular complexity index is 876. The van der Waals surface area contributed by atoms with Crippen LogP contribution in [0.1, 0.15) is 42.6 Å². The third-order valence-corrected chi connectivity index (χ3v) is 4.68. The van der Waals surface area contributed by atoms with Crippen molar-refractivity contribution in [2.75, 3.05) is 16.8 Å². The van der Waals surface area contributed by atoms with E-state index in [1.807, 2.05) is 38.1 Å². The van der Waals surface area contributed by atoms with Crippen LogP contribution >= 0.6 is 0 Å². The van der Waals surface area contributed by atoms with Crippen LogP contribution in [0.3, 0.4) is 0 Å². The Labute approximate surface area is 164 Å². The number of esters is 1. The maximum Gasteiger partial charge on any atom is 0.338 e. The quantitative estimate of drug-likeness (QED) is 0.778. The first kappa shape index (κ1) is 19.6. The minimum absolute atomic E-state index is 0.0367. The fourth-order valence-electron chi connectivity index (χ4n) is 3.37. The molecule has 1 atom stereocenters. The summed E-state index contributed by atoms with van der Waals surface area (Å²) in [4.78, 5) is 38.1. The van der Waals surface area contributed by atoms with Gasteiger partial charge in [0.1, 0.15) is 0 Å². The van der Waals surface area contributed by atoms with E-state index in [2.05, 4.69) is 5.32 Å². The van der Waals surface area contributed by atoms with Gasteiger partial charge in [0, 0.05) is 23.8 Å². The standard InChI is InChI=1S/C22H24N2O4/c1-3-6-20(25)23-18-11-9-16(10-12-18)22(27)28-14-21(26)24-15(2)13-17-7-4-5-8-19(17)24/h4-5,7-12,15H,3,6,13-14H2,1-2H3,(H,23,25)/t15-/m0/s1. The lowest BCUT2D eigenvalue weighted by Crippen LogP contribution is -2.38. The molecule has 28 heavy (non-hydrogen) atoms. The summed E-state index contributed by atoms with van der Waals surface area (Å²) in [6.07, 6.45) is 2.01. The van der Waals surface area contributed by atoms with Gasteiger partial charge in [0.25, 0.3) is 5.91 Å². The second-order valence-electron chi connectivity index (χ2n) is 6.90. The van der Waals surface area contributed by atoms with E-state index in [0.717, 1.165) is 24.1 Å². The molecule has 1 aliphatic heterocycles. The first-order valence-corrected chi connectivity index (χ1v) is 9.46. The second-order valence-corrected chi connectivity index (χ2v) is 6.90. The zero-order valence-corrected chi connectivity index (χ0v) is 16.1. The molecule has 0 saturated heterocycles. The number of carbonyl (C=O) groups is 3. The predicted molar refractivity (Wildman–Crippen MR) is 107 cm³/mol. The fourth-order valence-corrected chi connectivity index (χ4v) is 3.37. The maximum absolute atomic E-state index is 12.6. The monoisotopic (exact) mass is 380 g/mol. The topological polar surface area (TPSA) is 75.7 Å². The van der Waals surface area contributed by atoms with Gasteiger partial charge in [0.05, 0.1) is 5.56 Å². The van der Waals surface area contributed by atoms with Gasteiger partial charge < -0.3 is 15.0 Å². The van der Waals surface area contributed by atoms with Crippen LogP contribution in [0.5, 0.6) is 0 Å². The highest BCUT2D eigenvalue weighted by Gasteiger charge is 2.31. The Morgan fingerprint density at radius 3 is 2.54 bits per heavy atom. The van der Waals surface area contributed by atoms with E-state index in [9.17, 15) is 14.4 Å². The molecule has 0 aromatic heterocycles. The molecule has 6 heteroatoms. The Balaban J connectivity index is 1.57. The van der Waals surface area contributed by atoms with Crippen LogP contribution in [0, 0.1) is 0 Å². The number of anilines is 2. The molecule has 0 fully saturated rings. The molecule has 2 aromatic carbocycles. The lowest BCUT2D eigenvalue weighted by molar-refractivity contribution is -0.122. The summed E-state index contributed by atoms with van der Waals surface area (Å²) in [7, 11) is 0. The molecule has 0 radical (unpaired) electrons. The minimum Gasteiger partial charge on any atom is -0.452 e. The minimum atomic E-state index is -0.570. The van der Waals surface area contributed by atoms with Gasteiger partial charge in [-0.3, -0.25) is 9.59 Å². The van der Waals surface area contributed by atoms with Gasteiger partial charge >= 0.3 is 5.97 Å². The molecule has 0 unspecified atom stereocenters. The third kappa shape index (κ3) is 4.39. The van der Waals surface area contributed by atoms with Crippen molar-refractivity contribution in [2.24, 2.45) is 0 Å². The number of amides is 2. The first-order valence-electron chi connectivity index (χ1n) is 9.46. The molecule has 1 heterocycles. The summed E-state index contributed by atoms with van der Waals surface area (Å²) in [5, 5.41) is 2.76. The van der Waals surface area contributed by atoms with E-state index in [1.54, 1.807) is 29.2 Å². The molecule has 6 nitrogen and oxygen atoms in total. The van der Waals surface area contributed by atoms with Crippen molar-refractivity contribution in [2.45, 2.75) is 39.2 Å². The van der Waals surface area contributed by atoms with E-state index in [0.29, 0.717) is 17.7 Å². The molecule has 0 saturated carbocycles. The number of hydrogen-bond acceptors (Lipinski definition) is 4. The van der Waals surface area contributed by atoms with Crippen molar-refractivity contribution in [1.29, 1.82) is 0 Å². The van der Waals surface area contributed by atoms with E-state index < -0.39 is 5.97 Å². The van der Waals surface area contributed by atoms with Gasteiger partial charge in [-0.2, -0.15) is 0 Å². The van der Waals surface area contributed by atoms with Gasteiger partial charge in [-0.05, 0) is 55.7 Å².